The predicted octanol–water partition coefficient (Wildman–Crippen LogP) is 2.57. The lowest BCUT2D eigenvalue weighted by molar-refractivity contribution is -0.121. The van der Waals surface area contributed by atoms with Gasteiger partial charge in [-0.15, -0.1) is 5.10 Å². The minimum absolute atomic E-state index is 0.00616. The van der Waals surface area contributed by atoms with Crippen LogP contribution in [0.15, 0.2) is 61.1 Å². The van der Waals surface area contributed by atoms with Crippen LogP contribution in [0.4, 0.5) is 5.95 Å². The van der Waals surface area contributed by atoms with Crippen molar-refractivity contribution in [3.05, 3.63) is 72.3 Å². The lowest BCUT2D eigenvalue weighted by Gasteiger charge is -2.31. The van der Waals surface area contributed by atoms with Crippen LogP contribution in [-0.2, 0) is 17.9 Å². The molecular formula is C21H24N6O. The van der Waals surface area contributed by atoms with Gasteiger partial charge in [-0.3, -0.25) is 20.0 Å². The van der Waals surface area contributed by atoms with Crippen LogP contribution in [0.1, 0.15) is 24.1 Å². The number of nitrogens with one attached hydrogen (secondary N) is 1. The molecule has 3 heterocycles. The first-order valence-electron chi connectivity index (χ1n) is 9.63. The number of amides is 1. The fourth-order valence-corrected chi connectivity index (χ4v) is 3.55. The second kappa shape index (κ2) is 8.75. The zero-order valence-electron chi connectivity index (χ0n) is 15.7. The van der Waals surface area contributed by atoms with Gasteiger partial charge in [-0.25, -0.2) is 9.67 Å². The van der Waals surface area contributed by atoms with E-state index in [1.165, 1.54) is 5.56 Å². The van der Waals surface area contributed by atoms with E-state index in [-0.39, 0.29) is 11.8 Å². The third-order valence-electron chi connectivity index (χ3n) is 4.95. The summed E-state index contributed by atoms with van der Waals surface area (Å²) in [6.45, 7) is 3.19. The van der Waals surface area contributed by atoms with Crippen LogP contribution in [0.25, 0.3) is 0 Å². The molecule has 2 aromatic heterocycles. The van der Waals surface area contributed by atoms with E-state index in [2.05, 4.69) is 49.5 Å². The standard InChI is InChI=1S/C21H24N6O/c28-20(18-9-6-12-26(14-18)13-17-7-2-1-3-8-17)24-21-23-16-27(25-21)15-19-10-4-5-11-22-19/h1-5,7-8,10-11,16,18H,6,9,12-15H2,(H,24,25,28)/t18-/m1/s1. The highest BCUT2D eigenvalue weighted by molar-refractivity contribution is 5.91. The molecule has 0 radical (unpaired) electrons. The number of carbonyl (C=O) groups excluding carboxylic acids is 1. The minimum Gasteiger partial charge on any atom is -0.298 e. The normalized spacial score (nSPS) is 17.4. The van der Waals surface area contributed by atoms with E-state index >= 15 is 0 Å². The van der Waals surface area contributed by atoms with Crippen molar-refractivity contribution < 1.29 is 4.79 Å². The fourth-order valence-electron chi connectivity index (χ4n) is 3.55. The van der Waals surface area contributed by atoms with Gasteiger partial charge in [0.25, 0.3) is 0 Å². The summed E-state index contributed by atoms with van der Waals surface area (Å²) in [5.41, 5.74) is 2.17. The smallest absolute Gasteiger partial charge is 0.248 e. The molecule has 144 valence electrons. The maximum atomic E-state index is 12.7. The molecule has 1 amide bonds. The highest BCUT2D eigenvalue weighted by Gasteiger charge is 2.26. The number of nitrogens with zero attached hydrogens (tertiary/aromatic N) is 5. The fraction of sp³-hybridized carbons (Fsp3) is 0.333. The summed E-state index contributed by atoms with van der Waals surface area (Å²) in [7, 11) is 0. The number of piperidine rings is 1. The first-order chi connectivity index (χ1) is 13.8. The van der Waals surface area contributed by atoms with Crippen LogP contribution in [-0.4, -0.2) is 43.6 Å². The molecule has 0 saturated carbocycles. The third-order valence-corrected chi connectivity index (χ3v) is 4.95. The molecule has 0 aliphatic carbocycles. The van der Waals surface area contributed by atoms with Crippen LogP contribution in [0.5, 0.6) is 0 Å². The van der Waals surface area contributed by atoms with Crippen molar-refractivity contribution in [2.75, 3.05) is 18.4 Å². The Balaban J connectivity index is 1.32. The third kappa shape index (κ3) is 4.80. The van der Waals surface area contributed by atoms with Crippen LogP contribution in [0, 0.1) is 5.92 Å². The van der Waals surface area contributed by atoms with Gasteiger partial charge in [0.15, 0.2) is 0 Å². The average molecular weight is 376 g/mol. The number of hydrogen-bond donors (Lipinski definition) is 1. The monoisotopic (exact) mass is 376 g/mol. The minimum atomic E-state index is -0.0415. The Hall–Kier alpha value is -3.06. The summed E-state index contributed by atoms with van der Waals surface area (Å²) in [4.78, 5) is 23.5. The van der Waals surface area contributed by atoms with E-state index in [4.69, 9.17) is 0 Å². The van der Waals surface area contributed by atoms with Crippen molar-refractivity contribution in [3.63, 3.8) is 0 Å². The number of likely N-dealkylation sites (tertiary alicyclic amines) is 1. The molecule has 1 N–H and O–H groups in total. The number of aromatic nitrogens is 4. The summed E-state index contributed by atoms with van der Waals surface area (Å²) in [5.74, 6) is 0.301. The summed E-state index contributed by atoms with van der Waals surface area (Å²) in [6, 6.07) is 16.1. The van der Waals surface area contributed by atoms with E-state index < -0.39 is 0 Å². The summed E-state index contributed by atoms with van der Waals surface area (Å²) in [5, 5.41) is 7.22. The van der Waals surface area contributed by atoms with Crippen molar-refractivity contribution in [2.45, 2.75) is 25.9 Å². The molecule has 0 bridgehead atoms. The quantitative estimate of drug-likeness (QED) is 0.716. The van der Waals surface area contributed by atoms with Crippen LogP contribution >= 0.6 is 0 Å². The molecule has 7 nitrogen and oxygen atoms in total. The molecule has 1 aliphatic heterocycles. The Kier molecular flexibility index (Phi) is 5.72. The van der Waals surface area contributed by atoms with Gasteiger partial charge in [0, 0.05) is 19.3 Å². The molecule has 7 heteroatoms. The first-order valence-corrected chi connectivity index (χ1v) is 9.63. The molecule has 1 atom stereocenters. The van der Waals surface area contributed by atoms with Gasteiger partial charge >= 0.3 is 0 Å². The van der Waals surface area contributed by atoms with Gasteiger partial charge in [0.2, 0.25) is 11.9 Å². The Morgan fingerprint density at radius 1 is 1.07 bits per heavy atom. The van der Waals surface area contributed by atoms with Crippen molar-refractivity contribution in [3.8, 4) is 0 Å². The topological polar surface area (TPSA) is 75.9 Å². The molecule has 1 saturated heterocycles. The van der Waals surface area contributed by atoms with E-state index in [0.717, 1.165) is 38.2 Å². The lowest BCUT2D eigenvalue weighted by Crippen LogP contribution is -2.40. The van der Waals surface area contributed by atoms with Gasteiger partial charge in [-0.1, -0.05) is 36.4 Å². The molecular weight excluding hydrogens is 352 g/mol. The molecule has 1 aromatic carbocycles. The maximum absolute atomic E-state index is 12.7. The molecule has 4 rings (SSSR count). The molecule has 3 aromatic rings. The van der Waals surface area contributed by atoms with Gasteiger partial charge < -0.3 is 0 Å². The lowest BCUT2D eigenvalue weighted by atomic mass is 9.96. The molecule has 1 fully saturated rings. The molecule has 0 spiro atoms. The van der Waals surface area contributed by atoms with E-state index in [9.17, 15) is 4.79 Å². The predicted molar refractivity (Wildman–Crippen MR) is 106 cm³/mol. The highest BCUT2D eigenvalue weighted by Crippen LogP contribution is 2.20. The second-order valence-corrected chi connectivity index (χ2v) is 7.14. The van der Waals surface area contributed by atoms with E-state index in [0.29, 0.717) is 12.5 Å². The SMILES string of the molecule is O=C(Nc1ncn(Cc2ccccn2)n1)[C@@H]1CCCN(Cc2ccccc2)C1. The van der Waals surface area contributed by atoms with Crippen LogP contribution in [0.3, 0.4) is 0 Å². The molecule has 1 aliphatic rings. The number of rotatable bonds is 6. The number of pyridine rings is 1. The van der Waals surface area contributed by atoms with E-state index in [1.54, 1.807) is 17.2 Å². The summed E-state index contributed by atoms with van der Waals surface area (Å²) >= 11 is 0. The Bertz CT molecular complexity index is 896. The average Bonchev–Trinajstić information content (AvgIpc) is 3.16. The van der Waals surface area contributed by atoms with Crippen LogP contribution in [0.2, 0.25) is 0 Å². The van der Waals surface area contributed by atoms with Gasteiger partial charge in [-0.05, 0) is 37.1 Å². The largest absolute Gasteiger partial charge is 0.298 e. The number of carbonyl (C=O) groups is 1. The van der Waals surface area contributed by atoms with Gasteiger partial charge in [0.1, 0.15) is 6.33 Å². The number of hydrogen-bond acceptors (Lipinski definition) is 5. The van der Waals surface area contributed by atoms with Crippen molar-refractivity contribution in [2.24, 2.45) is 5.92 Å². The molecule has 0 unspecified atom stereocenters. The van der Waals surface area contributed by atoms with Crippen LogP contribution < -0.4 is 5.32 Å². The van der Waals surface area contributed by atoms with Crippen molar-refractivity contribution >= 4 is 11.9 Å². The summed E-state index contributed by atoms with van der Waals surface area (Å²) in [6.07, 6.45) is 5.28. The van der Waals surface area contributed by atoms with E-state index in [1.807, 2.05) is 24.3 Å². The Labute approximate surface area is 164 Å². The van der Waals surface area contributed by atoms with Gasteiger partial charge in [-0.2, -0.15) is 0 Å². The Morgan fingerprint density at radius 2 is 1.93 bits per heavy atom. The number of benzene rings is 1. The number of anilines is 1. The molecule has 28 heavy (non-hydrogen) atoms. The zero-order valence-corrected chi connectivity index (χ0v) is 15.7. The zero-order chi connectivity index (χ0) is 19.2. The van der Waals surface area contributed by atoms with Crippen molar-refractivity contribution in [1.29, 1.82) is 0 Å². The first kappa shape index (κ1) is 18.3. The highest BCUT2D eigenvalue weighted by atomic mass is 16.2. The summed E-state index contributed by atoms with van der Waals surface area (Å²) < 4.78 is 1.68. The van der Waals surface area contributed by atoms with Gasteiger partial charge in [0.05, 0.1) is 18.2 Å². The maximum Gasteiger partial charge on any atom is 0.248 e. The Morgan fingerprint density at radius 3 is 2.75 bits per heavy atom. The second-order valence-electron chi connectivity index (χ2n) is 7.14. The van der Waals surface area contributed by atoms with Crippen molar-refractivity contribution in [1.82, 2.24) is 24.6 Å².